The molecule has 5 nitrogen and oxygen atoms in total. The van der Waals surface area contributed by atoms with Crippen LogP contribution in [0.3, 0.4) is 0 Å². The minimum absolute atomic E-state index is 0.202. The smallest absolute Gasteiger partial charge is 0.161 e. The standard InChI is InChI=1S/C16H24N2O3/c1-12-11-18(5-8-19-12)14(10-17)13-3-4-15-16(9-13)21-7-2-6-20-15/h3-4,9,12,14H,2,5-8,10-11,17H2,1H3. The summed E-state index contributed by atoms with van der Waals surface area (Å²) in [6.07, 6.45) is 1.18. The molecule has 0 bridgehead atoms. The van der Waals surface area contributed by atoms with Crippen molar-refractivity contribution in [2.24, 2.45) is 5.73 Å². The van der Waals surface area contributed by atoms with Gasteiger partial charge in [0.05, 0.1) is 25.9 Å². The topological polar surface area (TPSA) is 57.0 Å². The van der Waals surface area contributed by atoms with E-state index in [1.165, 1.54) is 5.56 Å². The zero-order chi connectivity index (χ0) is 14.7. The molecule has 1 saturated heterocycles. The summed E-state index contributed by atoms with van der Waals surface area (Å²) in [4.78, 5) is 2.40. The zero-order valence-corrected chi connectivity index (χ0v) is 12.6. The molecule has 2 aliphatic rings. The van der Waals surface area contributed by atoms with Gasteiger partial charge in [0, 0.05) is 32.1 Å². The van der Waals surface area contributed by atoms with E-state index >= 15 is 0 Å². The van der Waals surface area contributed by atoms with Gasteiger partial charge >= 0.3 is 0 Å². The summed E-state index contributed by atoms with van der Waals surface area (Å²) in [6.45, 7) is 6.71. The van der Waals surface area contributed by atoms with Crippen molar-refractivity contribution in [2.45, 2.75) is 25.5 Å². The molecule has 2 unspecified atom stereocenters. The molecule has 0 spiro atoms. The number of ether oxygens (including phenoxy) is 3. The summed E-state index contributed by atoms with van der Waals surface area (Å²) in [5.41, 5.74) is 7.22. The van der Waals surface area contributed by atoms with Gasteiger partial charge in [0.15, 0.2) is 11.5 Å². The van der Waals surface area contributed by atoms with E-state index in [4.69, 9.17) is 19.9 Å². The number of hydrogen-bond donors (Lipinski definition) is 1. The monoisotopic (exact) mass is 292 g/mol. The average Bonchev–Trinajstić information content (AvgIpc) is 2.73. The molecule has 2 aliphatic heterocycles. The molecule has 21 heavy (non-hydrogen) atoms. The van der Waals surface area contributed by atoms with E-state index in [9.17, 15) is 0 Å². The van der Waals surface area contributed by atoms with Crippen LogP contribution in [0.15, 0.2) is 18.2 Å². The fraction of sp³-hybridized carbons (Fsp3) is 0.625. The summed E-state index contributed by atoms with van der Waals surface area (Å²) in [5.74, 6) is 1.67. The lowest BCUT2D eigenvalue weighted by Crippen LogP contribution is -2.45. The number of nitrogens with zero attached hydrogens (tertiary/aromatic N) is 1. The minimum atomic E-state index is 0.202. The molecule has 5 heteroatoms. The lowest BCUT2D eigenvalue weighted by atomic mass is 10.0. The van der Waals surface area contributed by atoms with Crippen molar-refractivity contribution < 1.29 is 14.2 Å². The van der Waals surface area contributed by atoms with Crippen LogP contribution in [0.1, 0.15) is 24.9 Å². The van der Waals surface area contributed by atoms with Gasteiger partial charge in [0.25, 0.3) is 0 Å². The molecule has 2 N–H and O–H groups in total. The lowest BCUT2D eigenvalue weighted by Gasteiger charge is -2.37. The number of fused-ring (bicyclic) bond motifs is 1. The Morgan fingerprint density at radius 1 is 1.24 bits per heavy atom. The second kappa shape index (κ2) is 6.64. The Labute approximate surface area is 126 Å². The van der Waals surface area contributed by atoms with Gasteiger partial charge in [-0.2, -0.15) is 0 Å². The van der Waals surface area contributed by atoms with Gasteiger partial charge in [0.2, 0.25) is 0 Å². The number of hydrogen-bond acceptors (Lipinski definition) is 5. The molecule has 0 amide bonds. The molecule has 116 valence electrons. The summed E-state index contributed by atoms with van der Waals surface area (Å²) in [7, 11) is 0. The first-order chi connectivity index (χ1) is 10.3. The second-order valence-corrected chi connectivity index (χ2v) is 5.68. The first-order valence-electron chi connectivity index (χ1n) is 7.73. The van der Waals surface area contributed by atoms with Crippen molar-refractivity contribution >= 4 is 0 Å². The van der Waals surface area contributed by atoms with Gasteiger partial charge in [-0.1, -0.05) is 6.07 Å². The maximum atomic E-state index is 6.03. The minimum Gasteiger partial charge on any atom is -0.490 e. The number of morpholine rings is 1. The van der Waals surface area contributed by atoms with Crippen LogP contribution in [0.4, 0.5) is 0 Å². The fourth-order valence-electron chi connectivity index (χ4n) is 3.01. The predicted molar refractivity (Wildman–Crippen MR) is 80.8 cm³/mol. The van der Waals surface area contributed by atoms with Gasteiger partial charge in [0.1, 0.15) is 0 Å². The van der Waals surface area contributed by atoms with Crippen LogP contribution in [-0.2, 0) is 4.74 Å². The van der Waals surface area contributed by atoms with Crippen LogP contribution in [0, 0.1) is 0 Å². The highest BCUT2D eigenvalue weighted by atomic mass is 16.5. The molecule has 1 fully saturated rings. The van der Waals surface area contributed by atoms with Crippen molar-refractivity contribution in [1.29, 1.82) is 0 Å². The van der Waals surface area contributed by atoms with E-state index in [-0.39, 0.29) is 12.1 Å². The molecule has 2 atom stereocenters. The fourth-order valence-corrected chi connectivity index (χ4v) is 3.01. The Kier molecular flexibility index (Phi) is 4.63. The van der Waals surface area contributed by atoms with E-state index in [2.05, 4.69) is 24.0 Å². The summed E-state index contributed by atoms with van der Waals surface area (Å²) < 4.78 is 17.1. The van der Waals surface area contributed by atoms with Gasteiger partial charge in [-0.3, -0.25) is 4.90 Å². The third kappa shape index (κ3) is 3.31. The van der Waals surface area contributed by atoms with Gasteiger partial charge < -0.3 is 19.9 Å². The SMILES string of the molecule is CC1CN(C(CN)c2ccc3c(c2)OCCCO3)CCO1. The van der Waals surface area contributed by atoms with Crippen LogP contribution in [0.2, 0.25) is 0 Å². The molecule has 3 rings (SSSR count). The predicted octanol–water partition coefficient (Wildman–Crippen LogP) is 1.57. The molecular formula is C16H24N2O3. The molecule has 0 aliphatic carbocycles. The molecule has 1 aromatic carbocycles. The second-order valence-electron chi connectivity index (χ2n) is 5.68. The normalized spacial score (nSPS) is 24.4. The van der Waals surface area contributed by atoms with E-state index < -0.39 is 0 Å². The highest BCUT2D eigenvalue weighted by Gasteiger charge is 2.25. The summed E-state index contributed by atoms with van der Waals surface area (Å²) in [6, 6.07) is 6.39. The van der Waals surface area contributed by atoms with E-state index in [0.717, 1.165) is 37.6 Å². The Balaban J connectivity index is 1.81. The molecule has 1 aromatic rings. The van der Waals surface area contributed by atoms with Crippen molar-refractivity contribution in [3.63, 3.8) is 0 Å². The number of nitrogens with two attached hydrogens (primary N) is 1. The van der Waals surface area contributed by atoms with E-state index in [0.29, 0.717) is 19.8 Å². The van der Waals surface area contributed by atoms with Crippen LogP contribution in [0.25, 0.3) is 0 Å². The third-order valence-corrected chi connectivity index (χ3v) is 4.09. The number of benzene rings is 1. The quantitative estimate of drug-likeness (QED) is 0.916. The van der Waals surface area contributed by atoms with Crippen LogP contribution in [-0.4, -0.2) is 50.5 Å². The van der Waals surface area contributed by atoms with Gasteiger partial charge in [-0.15, -0.1) is 0 Å². The molecule has 0 aromatic heterocycles. The largest absolute Gasteiger partial charge is 0.490 e. The van der Waals surface area contributed by atoms with Crippen molar-refractivity contribution in [3.8, 4) is 11.5 Å². The Morgan fingerprint density at radius 3 is 2.81 bits per heavy atom. The van der Waals surface area contributed by atoms with Crippen molar-refractivity contribution in [1.82, 2.24) is 4.90 Å². The first kappa shape index (κ1) is 14.6. The first-order valence-corrected chi connectivity index (χ1v) is 7.73. The van der Waals surface area contributed by atoms with Crippen LogP contribution < -0.4 is 15.2 Å². The Hall–Kier alpha value is -1.30. The summed E-state index contributed by atoms with van der Waals surface area (Å²) >= 11 is 0. The highest BCUT2D eigenvalue weighted by Crippen LogP contribution is 2.34. The molecule has 0 radical (unpaired) electrons. The number of rotatable bonds is 3. The Bertz CT molecular complexity index is 481. The molecule has 2 heterocycles. The van der Waals surface area contributed by atoms with Gasteiger partial charge in [-0.05, 0) is 24.6 Å². The molecule has 0 saturated carbocycles. The van der Waals surface area contributed by atoms with E-state index in [1.54, 1.807) is 0 Å². The third-order valence-electron chi connectivity index (χ3n) is 4.09. The maximum Gasteiger partial charge on any atom is 0.161 e. The maximum absolute atomic E-state index is 6.03. The average molecular weight is 292 g/mol. The van der Waals surface area contributed by atoms with E-state index in [1.807, 2.05) is 6.07 Å². The molecular weight excluding hydrogens is 268 g/mol. The lowest BCUT2D eigenvalue weighted by molar-refractivity contribution is -0.0333. The zero-order valence-electron chi connectivity index (χ0n) is 12.6. The summed E-state index contributed by atoms with van der Waals surface area (Å²) in [5, 5.41) is 0. The Morgan fingerprint density at radius 2 is 2.05 bits per heavy atom. The highest BCUT2D eigenvalue weighted by molar-refractivity contribution is 5.44. The van der Waals surface area contributed by atoms with Crippen LogP contribution >= 0.6 is 0 Å². The van der Waals surface area contributed by atoms with Gasteiger partial charge in [-0.25, -0.2) is 0 Å². The van der Waals surface area contributed by atoms with Crippen molar-refractivity contribution in [3.05, 3.63) is 23.8 Å². The van der Waals surface area contributed by atoms with Crippen LogP contribution in [0.5, 0.6) is 11.5 Å². The van der Waals surface area contributed by atoms with Crippen molar-refractivity contribution in [2.75, 3.05) is 39.5 Å².